The fourth-order valence-electron chi connectivity index (χ4n) is 7.48. The Bertz CT molecular complexity index is 1140. The van der Waals surface area contributed by atoms with Gasteiger partial charge in [0.25, 0.3) is 11.8 Å². The lowest BCUT2D eigenvalue weighted by Crippen LogP contribution is -2.68. The summed E-state index contributed by atoms with van der Waals surface area (Å²) >= 11 is 0. The number of hydrogen-bond donors (Lipinski definition) is 1. The summed E-state index contributed by atoms with van der Waals surface area (Å²) in [7, 11) is 2.20. The van der Waals surface area contributed by atoms with Crippen LogP contribution in [0.2, 0.25) is 0 Å². The van der Waals surface area contributed by atoms with Crippen LogP contribution >= 0.6 is 0 Å². The van der Waals surface area contributed by atoms with Crippen LogP contribution in [-0.2, 0) is 11.8 Å². The molecule has 158 valence electrons. The van der Waals surface area contributed by atoms with E-state index in [2.05, 4.69) is 11.9 Å². The molecule has 1 saturated carbocycles. The number of likely N-dealkylation sites (tertiary alicyclic amines) is 1. The normalized spacial score (nSPS) is 35.1. The molecule has 5 atom stereocenters. The fraction of sp³-hybridized carbons (Fsp3) is 0.440. The SMILES string of the molecule is CN1CC[C@]23c4c5ccc(O)c4O[C@H]2[C@H](N2C(=O)c4ccccc4C2=O)CC[C@H]3[C@H]1C5. The van der Waals surface area contributed by atoms with Gasteiger partial charge in [0.15, 0.2) is 11.5 Å². The van der Waals surface area contributed by atoms with Gasteiger partial charge in [0.2, 0.25) is 0 Å². The minimum absolute atomic E-state index is 0.166. The highest BCUT2D eigenvalue weighted by Gasteiger charge is 2.67. The first kappa shape index (κ1) is 17.8. The van der Waals surface area contributed by atoms with Crippen molar-refractivity contribution in [3.05, 3.63) is 58.7 Å². The molecular formula is C25H24N2O4. The first-order chi connectivity index (χ1) is 15.0. The summed E-state index contributed by atoms with van der Waals surface area (Å²) in [6.45, 7) is 0.949. The van der Waals surface area contributed by atoms with Crippen molar-refractivity contribution in [3.63, 3.8) is 0 Å². The molecule has 1 spiro atoms. The molecule has 3 heterocycles. The van der Waals surface area contributed by atoms with Crippen molar-refractivity contribution in [2.24, 2.45) is 5.92 Å². The monoisotopic (exact) mass is 416 g/mol. The zero-order chi connectivity index (χ0) is 21.1. The number of phenolic OH excluding ortho intramolecular Hbond substituents is 1. The molecule has 2 bridgehead atoms. The van der Waals surface area contributed by atoms with Gasteiger partial charge in [-0.05, 0) is 69.0 Å². The van der Waals surface area contributed by atoms with Gasteiger partial charge in [-0.3, -0.25) is 14.5 Å². The van der Waals surface area contributed by atoms with Crippen molar-refractivity contribution in [1.82, 2.24) is 9.80 Å². The third kappa shape index (κ3) is 1.94. The molecular weight excluding hydrogens is 392 g/mol. The Balaban J connectivity index is 1.39. The number of imide groups is 1. The standard InChI is InChI=1S/C25H24N2O4/c1-26-11-10-25-16-7-8-17(27-23(29)14-4-2-3-5-15(14)24(27)30)22(25)31-21-19(28)9-6-13(20(21)25)12-18(16)26/h2-6,9,16-18,22,28H,7-8,10-12H2,1H3/t16-,17+,18+,22-,25-/m0/s1. The Morgan fingerprint density at radius 3 is 2.52 bits per heavy atom. The Hall–Kier alpha value is -2.86. The minimum atomic E-state index is -0.328. The predicted octanol–water partition coefficient (Wildman–Crippen LogP) is 2.73. The number of amides is 2. The van der Waals surface area contributed by atoms with Gasteiger partial charge in [0.1, 0.15) is 6.10 Å². The number of ether oxygens (including phenoxy) is 1. The maximum absolute atomic E-state index is 13.3. The summed E-state index contributed by atoms with van der Waals surface area (Å²) in [5.74, 6) is 0.714. The second-order valence-electron chi connectivity index (χ2n) is 9.81. The molecule has 2 fully saturated rings. The number of nitrogens with zero attached hydrogens (tertiary/aromatic N) is 2. The van der Waals surface area contributed by atoms with Gasteiger partial charge in [0.05, 0.1) is 17.2 Å². The maximum atomic E-state index is 13.3. The number of rotatable bonds is 1. The first-order valence-corrected chi connectivity index (χ1v) is 11.2. The average Bonchev–Trinajstić information content (AvgIpc) is 3.25. The van der Waals surface area contributed by atoms with Crippen molar-refractivity contribution in [2.75, 3.05) is 13.6 Å². The minimum Gasteiger partial charge on any atom is -0.504 e. The summed E-state index contributed by atoms with van der Waals surface area (Å²) in [5, 5.41) is 10.7. The molecule has 2 aliphatic carbocycles. The zero-order valence-electron chi connectivity index (χ0n) is 17.4. The molecule has 5 aliphatic rings. The zero-order valence-corrected chi connectivity index (χ0v) is 17.4. The maximum Gasteiger partial charge on any atom is 0.261 e. The molecule has 0 aromatic heterocycles. The van der Waals surface area contributed by atoms with Crippen molar-refractivity contribution in [1.29, 1.82) is 0 Å². The van der Waals surface area contributed by atoms with Gasteiger partial charge in [0, 0.05) is 17.0 Å². The van der Waals surface area contributed by atoms with E-state index in [9.17, 15) is 14.7 Å². The van der Waals surface area contributed by atoms with E-state index >= 15 is 0 Å². The second kappa shape index (κ2) is 5.68. The molecule has 2 aromatic carbocycles. The Morgan fingerprint density at radius 2 is 1.77 bits per heavy atom. The van der Waals surface area contributed by atoms with E-state index in [4.69, 9.17) is 4.74 Å². The smallest absolute Gasteiger partial charge is 0.261 e. The third-order valence-electron chi connectivity index (χ3n) is 8.72. The quantitative estimate of drug-likeness (QED) is 0.724. The number of benzene rings is 2. The number of carbonyl (C=O) groups is 2. The molecule has 6 nitrogen and oxygen atoms in total. The Labute approximate surface area is 180 Å². The van der Waals surface area contributed by atoms with Crippen LogP contribution in [0.1, 0.15) is 51.1 Å². The number of aromatic hydroxyl groups is 1. The highest BCUT2D eigenvalue weighted by molar-refractivity contribution is 6.21. The van der Waals surface area contributed by atoms with E-state index in [1.54, 1.807) is 30.3 Å². The van der Waals surface area contributed by atoms with E-state index in [0.29, 0.717) is 28.8 Å². The average molecular weight is 416 g/mol. The molecule has 6 heteroatoms. The van der Waals surface area contributed by atoms with Gasteiger partial charge in [-0.2, -0.15) is 0 Å². The van der Waals surface area contributed by atoms with E-state index in [1.807, 2.05) is 6.07 Å². The molecule has 2 amide bonds. The molecule has 1 N–H and O–H groups in total. The van der Waals surface area contributed by atoms with Crippen LogP contribution in [0.3, 0.4) is 0 Å². The highest BCUT2D eigenvalue weighted by Crippen LogP contribution is 2.64. The second-order valence-corrected chi connectivity index (χ2v) is 9.81. The van der Waals surface area contributed by atoms with E-state index in [0.717, 1.165) is 37.8 Å². The first-order valence-electron chi connectivity index (χ1n) is 11.2. The van der Waals surface area contributed by atoms with Gasteiger partial charge >= 0.3 is 0 Å². The van der Waals surface area contributed by atoms with Crippen molar-refractivity contribution in [3.8, 4) is 11.5 Å². The topological polar surface area (TPSA) is 70.1 Å². The van der Waals surface area contributed by atoms with Crippen LogP contribution < -0.4 is 4.74 Å². The van der Waals surface area contributed by atoms with Crippen molar-refractivity contribution in [2.45, 2.75) is 49.3 Å². The third-order valence-corrected chi connectivity index (χ3v) is 8.72. The van der Waals surface area contributed by atoms with Gasteiger partial charge in [-0.25, -0.2) is 0 Å². The molecule has 31 heavy (non-hydrogen) atoms. The number of phenols is 1. The number of hydrogen-bond acceptors (Lipinski definition) is 5. The van der Waals surface area contributed by atoms with Crippen molar-refractivity contribution >= 4 is 11.8 Å². The van der Waals surface area contributed by atoms with Gasteiger partial charge < -0.3 is 14.7 Å². The van der Waals surface area contributed by atoms with E-state index in [1.165, 1.54) is 10.5 Å². The molecule has 7 rings (SSSR count). The van der Waals surface area contributed by atoms with Gasteiger partial charge in [-0.1, -0.05) is 18.2 Å². The fourth-order valence-corrected chi connectivity index (χ4v) is 7.48. The number of likely N-dealkylation sites (N-methyl/N-ethyl adjacent to an activating group) is 1. The Kier molecular flexibility index (Phi) is 3.26. The van der Waals surface area contributed by atoms with E-state index in [-0.39, 0.29) is 35.1 Å². The van der Waals surface area contributed by atoms with Crippen LogP contribution in [0.15, 0.2) is 36.4 Å². The summed E-state index contributed by atoms with van der Waals surface area (Å²) in [4.78, 5) is 30.5. The molecule has 1 saturated heterocycles. The molecule has 0 unspecified atom stereocenters. The van der Waals surface area contributed by atoms with Crippen LogP contribution in [0, 0.1) is 5.92 Å². The Morgan fingerprint density at radius 1 is 1.03 bits per heavy atom. The van der Waals surface area contributed by atoms with Crippen LogP contribution in [-0.4, -0.2) is 58.5 Å². The van der Waals surface area contributed by atoms with Crippen LogP contribution in [0.5, 0.6) is 11.5 Å². The number of fused-ring (bicyclic) bond motifs is 1. The van der Waals surface area contributed by atoms with Crippen LogP contribution in [0.4, 0.5) is 0 Å². The highest BCUT2D eigenvalue weighted by atomic mass is 16.5. The van der Waals surface area contributed by atoms with Crippen molar-refractivity contribution < 1.29 is 19.4 Å². The largest absolute Gasteiger partial charge is 0.504 e. The molecule has 3 aliphatic heterocycles. The predicted molar refractivity (Wildman–Crippen MR) is 112 cm³/mol. The lowest BCUT2D eigenvalue weighted by atomic mass is 9.51. The summed E-state index contributed by atoms with van der Waals surface area (Å²) in [5.41, 5.74) is 3.10. The molecule has 0 radical (unpaired) electrons. The number of carbonyl (C=O) groups excluding carboxylic acids is 2. The lowest BCUT2D eigenvalue weighted by Gasteiger charge is -2.59. The van der Waals surface area contributed by atoms with E-state index < -0.39 is 0 Å². The molecule has 2 aromatic rings. The summed E-state index contributed by atoms with van der Waals surface area (Å²) in [6.07, 6.45) is 3.24. The van der Waals surface area contributed by atoms with Gasteiger partial charge in [-0.15, -0.1) is 0 Å². The summed E-state index contributed by atoms with van der Waals surface area (Å²) in [6, 6.07) is 10.9. The number of piperidine rings is 1. The lowest BCUT2D eigenvalue weighted by molar-refractivity contribution is -0.0716. The van der Waals surface area contributed by atoms with Crippen LogP contribution in [0.25, 0.3) is 0 Å². The summed E-state index contributed by atoms with van der Waals surface area (Å²) < 4.78 is 6.55.